The smallest absolute Gasteiger partial charge is 0.410 e. The predicted octanol–water partition coefficient (Wildman–Crippen LogP) is 2.84. The first-order chi connectivity index (χ1) is 14.1. The van der Waals surface area contributed by atoms with Crippen LogP contribution in [-0.4, -0.2) is 56.4 Å². The maximum atomic E-state index is 14.7. The van der Waals surface area contributed by atoms with Gasteiger partial charge in [0, 0.05) is 31.4 Å². The summed E-state index contributed by atoms with van der Waals surface area (Å²) in [5, 5.41) is 11.0. The van der Waals surface area contributed by atoms with E-state index in [1.165, 1.54) is 4.90 Å². The average Bonchev–Trinajstić information content (AvgIpc) is 3.22. The van der Waals surface area contributed by atoms with Crippen LogP contribution < -0.4 is 5.32 Å². The van der Waals surface area contributed by atoms with Crippen molar-refractivity contribution in [2.24, 2.45) is 5.92 Å². The van der Waals surface area contributed by atoms with E-state index in [4.69, 9.17) is 4.74 Å². The molecule has 29 heavy (non-hydrogen) atoms. The zero-order valence-corrected chi connectivity index (χ0v) is 16.2. The number of nitrogens with one attached hydrogen (secondary N) is 1. The number of rotatable bonds is 5. The Labute approximate surface area is 167 Å². The van der Waals surface area contributed by atoms with Gasteiger partial charge in [0.25, 0.3) is 0 Å². The summed E-state index contributed by atoms with van der Waals surface area (Å²) >= 11 is 0. The Balaban J connectivity index is 1.27. The second-order valence-corrected chi connectivity index (χ2v) is 7.27. The third kappa shape index (κ3) is 4.44. The number of likely N-dealkylation sites (tertiary alicyclic amines) is 1. The Morgan fingerprint density at radius 3 is 2.97 bits per heavy atom. The monoisotopic (exact) mass is 398 g/mol. The molecule has 1 amide bonds. The van der Waals surface area contributed by atoms with Crippen LogP contribution in [0.15, 0.2) is 43.0 Å². The molecule has 1 N–H and O–H groups in total. The highest BCUT2D eigenvalue weighted by Gasteiger charge is 2.32. The topological polar surface area (TPSA) is 84.7 Å². The number of benzene rings is 1. The van der Waals surface area contributed by atoms with Crippen molar-refractivity contribution in [3.8, 4) is 0 Å². The van der Waals surface area contributed by atoms with Crippen LogP contribution in [0.3, 0.4) is 0 Å². The van der Waals surface area contributed by atoms with Gasteiger partial charge in [0.1, 0.15) is 19.1 Å². The molecule has 1 saturated heterocycles. The third-order valence-corrected chi connectivity index (χ3v) is 5.16. The second kappa shape index (κ2) is 8.42. The molecule has 1 aliphatic rings. The molecule has 1 aliphatic heterocycles. The van der Waals surface area contributed by atoms with Gasteiger partial charge in [-0.15, -0.1) is 10.2 Å². The molecule has 0 bridgehead atoms. The fourth-order valence-corrected chi connectivity index (χ4v) is 3.38. The number of aromatic nitrogens is 4. The maximum absolute atomic E-state index is 14.7. The first kappa shape index (κ1) is 19.1. The number of hydrogen-bond donors (Lipinski definition) is 1. The molecule has 152 valence electrons. The minimum Gasteiger partial charge on any atom is -0.445 e. The highest BCUT2D eigenvalue weighted by molar-refractivity contribution is 5.68. The van der Waals surface area contributed by atoms with Gasteiger partial charge in [0.2, 0.25) is 5.65 Å². The van der Waals surface area contributed by atoms with E-state index in [1.54, 1.807) is 23.1 Å². The number of hydrogen-bond acceptors (Lipinski definition) is 6. The number of amides is 1. The molecule has 0 saturated carbocycles. The Kier molecular flexibility index (Phi) is 5.55. The van der Waals surface area contributed by atoms with Crippen molar-refractivity contribution in [3.05, 3.63) is 54.1 Å². The van der Waals surface area contributed by atoms with Crippen LogP contribution in [0.2, 0.25) is 0 Å². The van der Waals surface area contributed by atoms with Crippen molar-refractivity contribution >= 4 is 17.6 Å². The average molecular weight is 398 g/mol. The van der Waals surface area contributed by atoms with Gasteiger partial charge >= 0.3 is 6.09 Å². The number of anilines is 1. The minimum atomic E-state index is -1.14. The number of aryl methyl sites for hydroxylation is 1. The van der Waals surface area contributed by atoms with E-state index in [9.17, 15) is 9.18 Å². The zero-order chi connectivity index (χ0) is 20.2. The molecule has 8 nitrogen and oxygen atoms in total. The summed E-state index contributed by atoms with van der Waals surface area (Å²) in [4.78, 5) is 18.0. The van der Waals surface area contributed by atoms with E-state index >= 15 is 0 Å². The molecule has 2 atom stereocenters. The molecule has 3 aromatic rings. The first-order valence-corrected chi connectivity index (χ1v) is 9.59. The molecule has 1 unspecified atom stereocenters. The van der Waals surface area contributed by atoms with E-state index in [-0.39, 0.29) is 19.1 Å². The molecular weight excluding hydrogens is 375 g/mol. The zero-order valence-electron chi connectivity index (χ0n) is 16.2. The van der Waals surface area contributed by atoms with Gasteiger partial charge in [-0.3, -0.25) is 4.40 Å². The van der Waals surface area contributed by atoms with Gasteiger partial charge < -0.3 is 15.0 Å². The Bertz CT molecular complexity index is 977. The molecule has 3 heterocycles. The summed E-state index contributed by atoms with van der Waals surface area (Å²) in [6, 6.07) is 7.77. The van der Waals surface area contributed by atoms with Crippen LogP contribution in [0.25, 0.3) is 5.65 Å². The molecule has 9 heteroatoms. The number of ether oxygens (including phenoxy) is 1. The van der Waals surface area contributed by atoms with Crippen molar-refractivity contribution < 1.29 is 13.9 Å². The largest absolute Gasteiger partial charge is 0.445 e. The van der Waals surface area contributed by atoms with Gasteiger partial charge in [-0.05, 0) is 18.9 Å². The van der Waals surface area contributed by atoms with Crippen LogP contribution in [0.5, 0.6) is 0 Å². The molecule has 1 aromatic carbocycles. The number of nitrogens with zero attached hydrogens (tertiary/aromatic N) is 5. The summed E-state index contributed by atoms with van der Waals surface area (Å²) in [6.45, 7) is 3.08. The summed E-state index contributed by atoms with van der Waals surface area (Å²) < 4.78 is 21.8. The number of carbonyl (C=O) groups is 1. The number of halogens is 1. The third-order valence-electron chi connectivity index (χ3n) is 5.16. The quantitative estimate of drug-likeness (QED) is 0.711. The van der Waals surface area contributed by atoms with Crippen molar-refractivity contribution in [1.29, 1.82) is 0 Å². The van der Waals surface area contributed by atoms with Crippen LogP contribution in [0, 0.1) is 12.8 Å². The minimum absolute atomic E-state index is 0.0294. The standard InChI is InChI=1S/C20H23FN6O2/c1-14-2-4-15(5-3-14)12-29-20(28)26-8-6-16(17(21)11-26)10-23-18-19-25-24-13-27(19)9-7-22-18/h2-5,7,9,13,16-17H,6,8,10-12H2,1H3,(H,22,23)/t16-,17?/m0/s1. The number of alkyl halides is 1. The molecule has 4 rings (SSSR count). The molecule has 2 aromatic heterocycles. The van der Waals surface area contributed by atoms with Crippen LogP contribution >= 0.6 is 0 Å². The number of piperidine rings is 1. The van der Waals surface area contributed by atoms with Gasteiger partial charge in [-0.2, -0.15) is 0 Å². The van der Waals surface area contributed by atoms with Gasteiger partial charge in [0.15, 0.2) is 5.82 Å². The lowest BCUT2D eigenvalue weighted by Gasteiger charge is -2.34. The summed E-state index contributed by atoms with van der Waals surface area (Å²) in [6.07, 6.45) is 3.90. The lowest BCUT2D eigenvalue weighted by Crippen LogP contribution is -2.46. The highest BCUT2D eigenvalue weighted by Crippen LogP contribution is 2.22. The Morgan fingerprint density at radius 1 is 1.34 bits per heavy atom. The van der Waals surface area contributed by atoms with E-state index in [2.05, 4.69) is 20.5 Å². The van der Waals surface area contributed by atoms with E-state index < -0.39 is 12.3 Å². The normalized spacial score (nSPS) is 19.3. The predicted molar refractivity (Wildman–Crippen MR) is 105 cm³/mol. The van der Waals surface area contributed by atoms with Gasteiger partial charge in [-0.1, -0.05) is 29.8 Å². The number of fused-ring (bicyclic) bond motifs is 1. The second-order valence-electron chi connectivity index (χ2n) is 7.27. The Morgan fingerprint density at radius 2 is 2.17 bits per heavy atom. The van der Waals surface area contributed by atoms with E-state index in [1.807, 2.05) is 31.2 Å². The van der Waals surface area contributed by atoms with Crippen molar-refractivity contribution in [1.82, 2.24) is 24.5 Å². The van der Waals surface area contributed by atoms with Crippen molar-refractivity contribution in [2.75, 3.05) is 25.0 Å². The lowest BCUT2D eigenvalue weighted by atomic mass is 9.95. The van der Waals surface area contributed by atoms with Crippen molar-refractivity contribution in [2.45, 2.75) is 26.1 Å². The summed E-state index contributed by atoms with van der Waals surface area (Å²) in [5.74, 6) is 0.346. The molecule has 0 radical (unpaired) electrons. The first-order valence-electron chi connectivity index (χ1n) is 9.59. The summed E-state index contributed by atoms with van der Waals surface area (Å²) in [7, 11) is 0. The van der Waals surface area contributed by atoms with Gasteiger partial charge in [-0.25, -0.2) is 14.2 Å². The van der Waals surface area contributed by atoms with Crippen LogP contribution in [-0.2, 0) is 11.3 Å². The fraction of sp³-hybridized carbons (Fsp3) is 0.400. The number of carbonyl (C=O) groups excluding carboxylic acids is 1. The SMILES string of the molecule is Cc1ccc(COC(=O)N2CC[C@@H](CNc3nccn4cnnc34)C(F)C2)cc1. The molecule has 0 aliphatic carbocycles. The molecule has 1 fully saturated rings. The molecule has 0 spiro atoms. The van der Waals surface area contributed by atoms with Crippen LogP contribution in [0.1, 0.15) is 17.5 Å². The fourth-order valence-electron chi connectivity index (χ4n) is 3.38. The van der Waals surface area contributed by atoms with E-state index in [0.29, 0.717) is 31.0 Å². The lowest BCUT2D eigenvalue weighted by molar-refractivity contribution is 0.0544. The summed E-state index contributed by atoms with van der Waals surface area (Å²) in [5.41, 5.74) is 2.65. The Hall–Kier alpha value is -3.23. The highest BCUT2D eigenvalue weighted by atomic mass is 19.1. The van der Waals surface area contributed by atoms with E-state index in [0.717, 1.165) is 11.1 Å². The van der Waals surface area contributed by atoms with Crippen molar-refractivity contribution in [3.63, 3.8) is 0 Å². The molecular formula is C20H23FN6O2. The van der Waals surface area contributed by atoms with Crippen LogP contribution in [0.4, 0.5) is 15.0 Å². The van der Waals surface area contributed by atoms with Gasteiger partial charge in [0.05, 0.1) is 6.54 Å². The maximum Gasteiger partial charge on any atom is 0.410 e.